The number of aliphatic hydroxyl groups is 1. The molecule has 1 aromatic carbocycles. The van der Waals surface area contributed by atoms with Crippen molar-refractivity contribution in [2.75, 3.05) is 13.2 Å². The minimum Gasteiger partial charge on any atom is -0.396 e. The lowest BCUT2D eigenvalue weighted by Gasteiger charge is -2.28. The number of carbonyl (C=O) groups excluding carboxylic acids is 1. The summed E-state index contributed by atoms with van der Waals surface area (Å²) in [5, 5.41) is 15.9. The van der Waals surface area contributed by atoms with E-state index in [0.29, 0.717) is 13.1 Å². The van der Waals surface area contributed by atoms with Gasteiger partial charge in [-0.05, 0) is 53.5 Å². The molecule has 0 saturated heterocycles. The first kappa shape index (κ1) is 18.9. The first-order valence-electron chi connectivity index (χ1n) is 10.3. The molecule has 5 nitrogen and oxygen atoms in total. The number of pyridine rings is 1. The van der Waals surface area contributed by atoms with Gasteiger partial charge in [0.15, 0.2) is 0 Å². The van der Waals surface area contributed by atoms with Crippen molar-refractivity contribution in [3.05, 3.63) is 54.4 Å². The van der Waals surface area contributed by atoms with Crippen molar-refractivity contribution in [1.82, 2.24) is 15.6 Å². The van der Waals surface area contributed by atoms with E-state index in [0.717, 1.165) is 41.4 Å². The summed E-state index contributed by atoms with van der Waals surface area (Å²) in [6, 6.07) is 11.9. The summed E-state index contributed by atoms with van der Waals surface area (Å²) in [4.78, 5) is 16.5. The molecule has 148 valence electrons. The zero-order chi connectivity index (χ0) is 19.4. The lowest BCUT2D eigenvalue weighted by molar-refractivity contribution is 0.120. The van der Waals surface area contributed by atoms with Crippen LogP contribution in [-0.4, -0.2) is 29.3 Å². The highest BCUT2D eigenvalue weighted by molar-refractivity contribution is 5.74. The molecule has 2 saturated carbocycles. The van der Waals surface area contributed by atoms with Gasteiger partial charge in [-0.15, -0.1) is 0 Å². The summed E-state index contributed by atoms with van der Waals surface area (Å²) < 4.78 is 0. The van der Waals surface area contributed by atoms with Crippen LogP contribution in [0.2, 0.25) is 0 Å². The van der Waals surface area contributed by atoms with Gasteiger partial charge in [0.05, 0.1) is 6.61 Å². The largest absolute Gasteiger partial charge is 0.396 e. The first-order chi connectivity index (χ1) is 13.7. The van der Waals surface area contributed by atoms with Crippen molar-refractivity contribution in [1.29, 1.82) is 0 Å². The van der Waals surface area contributed by atoms with Gasteiger partial charge in [0.2, 0.25) is 0 Å². The van der Waals surface area contributed by atoms with Crippen molar-refractivity contribution in [2.24, 2.45) is 17.3 Å². The van der Waals surface area contributed by atoms with Crippen LogP contribution in [0.25, 0.3) is 11.1 Å². The maximum absolute atomic E-state index is 12.3. The highest BCUT2D eigenvalue weighted by Crippen LogP contribution is 2.52. The molecule has 0 spiro atoms. The van der Waals surface area contributed by atoms with Crippen LogP contribution in [0.15, 0.2) is 48.8 Å². The lowest BCUT2D eigenvalue weighted by Crippen LogP contribution is -2.43. The van der Waals surface area contributed by atoms with Crippen molar-refractivity contribution in [2.45, 2.75) is 38.6 Å². The molecule has 2 fully saturated rings. The van der Waals surface area contributed by atoms with Gasteiger partial charge in [0.1, 0.15) is 0 Å². The number of fused-ring (bicyclic) bond motifs is 1. The number of aliphatic hydroxyl groups excluding tert-OH is 1. The van der Waals surface area contributed by atoms with E-state index in [1.54, 1.807) is 6.20 Å². The molecular formula is C23H29N3O2. The van der Waals surface area contributed by atoms with Crippen LogP contribution in [0.3, 0.4) is 0 Å². The van der Waals surface area contributed by atoms with E-state index >= 15 is 0 Å². The van der Waals surface area contributed by atoms with Crippen molar-refractivity contribution < 1.29 is 9.90 Å². The third-order valence-corrected chi connectivity index (χ3v) is 6.54. The molecule has 2 aromatic rings. The number of rotatable bonds is 6. The van der Waals surface area contributed by atoms with Crippen LogP contribution in [0.1, 0.15) is 37.7 Å². The fourth-order valence-electron chi connectivity index (χ4n) is 5.08. The van der Waals surface area contributed by atoms with E-state index in [9.17, 15) is 9.90 Å². The molecular weight excluding hydrogens is 350 g/mol. The molecule has 2 aliphatic carbocycles. The summed E-state index contributed by atoms with van der Waals surface area (Å²) in [5.74, 6) is 1.49. The Hall–Kier alpha value is -2.40. The number of benzene rings is 1. The molecule has 3 N–H and O–H groups in total. The fraction of sp³-hybridized carbons (Fsp3) is 0.478. The van der Waals surface area contributed by atoms with E-state index in [2.05, 4.69) is 21.7 Å². The molecule has 1 aromatic heterocycles. The number of amides is 2. The fourth-order valence-corrected chi connectivity index (χ4v) is 5.08. The molecule has 0 bridgehead atoms. The van der Waals surface area contributed by atoms with E-state index in [1.807, 2.05) is 36.5 Å². The molecule has 2 atom stereocenters. The number of hydrogen-bond acceptors (Lipinski definition) is 3. The summed E-state index contributed by atoms with van der Waals surface area (Å²) in [5.41, 5.74) is 3.06. The molecule has 4 rings (SSSR count). The predicted molar refractivity (Wildman–Crippen MR) is 109 cm³/mol. The van der Waals surface area contributed by atoms with Crippen LogP contribution in [0.5, 0.6) is 0 Å². The number of hydrogen-bond donors (Lipinski definition) is 3. The minimum absolute atomic E-state index is 0.132. The van der Waals surface area contributed by atoms with Gasteiger partial charge >= 0.3 is 6.03 Å². The highest BCUT2D eigenvalue weighted by atomic mass is 16.3. The van der Waals surface area contributed by atoms with Crippen LogP contribution in [0.4, 0.5) is 4.79 Å². The SMILES string of the molecule is O=C(NCc1cccc(-c2cccnc2)c1)NCC1(CO)CC2CCCC2C1. The van der Waals surface area contributed by atoms with Crippen LogP contribution < -0.4 is 10.6 Å². The molecule has 0 radical (unpaired) electrons. The Morgan fingerprint density at radius 2 is 1.89 bits per heavy atom. The molecule has 5 heteroatoms. The van der Waals surface area contributed by atoms with Gasteiger partial charge < -0.3 is 15.7 Å². The quantitative estimate of drug-likeness (QED) is 0.716. The Bertz CT molecular complexity index is 797. The van der Waals surface area contributed by atoms with Crippen LogP contribution in [0, 0.1) is 17.3 Å². The molecule has 2 aliphatic rings. The number of nitrogens with one attached hydrogen (secondary N) is 2. The monoisotopic (exact) mass is 379 g/mol. The van der Waals surface area contributed by atoms with E-state index in [4.69, 9.17) is 0 Å². The zero-order valence-electron chi connectivity index (χ0n) is 16.2. The number of urea groups is 1. The van der Waals surface area contributed by atoms with Crippen molar-refractivity contribution in [3.8, 4) is 11.1 Å². The van der Waals surface area contributed by atoms with E-state index in [1.165, 1.54) is 19.3 Å². The number of carbonyl (C=O) groups is 1. The second kappa shape index (κ2) is 8.31. The Morgan fingerprint density at radius 1 is 1.11 bits per heavy atom. The Balaban J connectivity index is 1.29. The summed E-state index contributed by atoms with van der Waals surface area (Å²) in [6.07, 6.45) is 9.57. The van der Waals surface area contributed by atoms with E-state index < -0.39 is 0 Å². The minimum atomic E-state index is -0.170. The topological polar surface area (TPSA) is 74.2 Å². The van der Waals surface area contributed by atoms with Crippen LogP contribution in [-0.2, 0) is 6.54 Å². The van der Waals surface area contributed by atoms with E-state index in [-0.39, 0.29) is 18.1 Å². The van der Waals surface area contributed by atoms with Crippen molar-refractivity contribution in [3.63, 3.8) is 0 Å². The van der Waals surface area contributed by atoms with Gasteiger partial charge in [-0.3, -0.25) is 4.98 Å². The first-order valence-corrected chi connectivity index (χ1v) is 10.3. The number of nitrogens with zero attached hydrogens (tertiary/aromatic N) is 1. The smallest absolute Gasteiger partial charge is 0.315 e. The highest BCUT2D eigenvalue weighted by Gasteiger charge is 2.46. The van der Waals surface area contributed by atoms with Gasteiger partial charge in [-0.2, -0.15) is 0 Å². The normalized spacial score (nSPS) is 26.0. The maximum atomic E-state index is 12.3. The standard InChI is InChI=1S/C23H29N3O2/c27-16-23(11-19-6-2-7-20(19)12-23)15-26-22(28)25-13-17-4-1-5-18(10-17)21-8-3-9-24-14-21/h1,3-5,8-10,14,19-20,27H,2,6-7,11-13,15-16H2,(H2,25,26,28). The Kier molecular flexibility index (Phi) is 5.62. The average molecular weight is 380 g/mol. The molecule has 2 amide bonds. The summed E-state index contributed by atoms with van der Waals surface area (Å²) in [7, 11) is 0. The van der Waals surface area contributed by atoms with Gasteiger partial charge in [-0.1, -0.05) is 43.5 Å². The van der Waals surface area contributed by atoms with Crippen molar-refractivity contribution >= 4 is 6.03 Å². The third kappa shape index (κ3) is 4.20. The summed E-state index contributed by atoms with van der Waals surface area (Å²) in [6.45, 7) is 1.18. The maximum Gasteiger partial charge on any atom is 0.315 e. The molecule has 0 aliphatic heterocycles. The van der Waals surface area contributed by atoms with Gasteiger partial charge in [0, 0.05) is 30.9 Å². The number of aromatic nitrogens is 1. The predicted octanol–water partition coefficient (Wildman–Crippen LogP) is 3.74. The molecule has 1 heterocycles. The van der Waals surface area contributed by atoms with Gasteiger partial charge in [-0.25, -0.2) is 4.79 Å². The zero-order valence-corrected chi connectivity index (χ0v) is 16.2. The van der Waals surface area contributed by atoms with Gasteiger partial charge in [0.25, 0.3) is 0 Å². The Morgan fingerprint density at radius 3 is 2.61 bits per heavy atom. The molecule has 28 heavy (non-hydrogen) atoms. The second-order valence-corrected chi connectivity index (χ2v) is 8.50. The molecule has 2 unspecified atom stereocenters. The Labute approximate surface area is 166 Å². The van der Waals surface area contributed by atoms with Crippen LogP contribution >= 0.6 is 0 Å². The average Bonchev–Trinajstić information content (AvgIpc) is 3.31. The second-order valence-electron chi connectivity index (χ2n) is 8.50. The lowest BCUT2D eigenvalue weighted by atomic mass is 9.84. The third-order valence-electron chi connectivity index (χ3n) is 6.54. The summed E-state index contributed by atoms with van der Waals surface area (Å²) >= 11 is 0.